The predicted molar refractivity (Wildman–Crippen MR) is 80.9 cm³/mol. The first-order valence-electron chi connectivity index (χ1n) is 6.41. The molecule has 0 radical (unpaired) electrons. The monoisotopic (exact) mass is 301 g/mol. The highest BCUT2D eigenvalue weighted by Crippen LogP contribution is 2.25. The zero-order chi connectivity index (χ0) is 14.1. The van der Waals surface area contributed by atoms with Crippen LogP contribution in [0.5, 0.6) is 0 Å². The number of benzene rings is 1. The minimum Gasteiger partial charge on any atom is -0.382 e. The smallest absolute Gasteiger partial charge is 0.233 e. The maximum atomic E-state index is 11.9. The van der Waals surface area contributed by atoms with Crippen LogP contribution in [0.25, 0.3) is 0 Å². The van der Waals surface area contributed by atoms with Crippen LogP contribution >= 0.6 is 23.4 Å². The second-order valence-electron chi connectivity index (χ2n) is 4.06. The van der Waals surface area contributed by atoms with Crippen molar-refractivity contribution in [3.63, 3.8) is 0 Å². The summed E-state index contributed by atoms with van der Waals surface area (Å²) >= 11 is 7.42. The van der Waals surface area contributed by atoms with Crippen LogP contribution in [0.3, 0.4) is 0 Å². The predicted octanol–water partition coefficient (Wildman–Crippen LogP) is 3.36. The number of amides is 1. The third-order valence-corrected chi connectivity index (χ3v) is 3.78. The van der Waals surface area contributed by atoms with Crippen molar-refractivity contribution in [2.75, 3.05) is 19.8 Å². The average Bonchev–Trinajstić information content (AvgIpc) is 2.38. The van der Waals surface area contributed by atoms with Gasteiger partial charge in [-0.3, -0.25) is 4.79 Å². The molecule has 0 aromatic heterocycles. The average molecular weight is 302 g/mol. The number of carbonyl (C=O) groups excluding carboxylic acids is 1. The molecule has 1 aromatic rings. The van der Waals surface area contributed by atoms with Crippen LogP contribution in [-0.2, 0) is 9.53 Å². The summed E-state index contributed by atoms with van der Waals surface area (Å²) < 4.78 is 5.21. The number of ether oxygens (including phenoxy) is 1. The van der Waals surface area contributed by atoms with E-state index >= 15 is 0 Å². The Kier molecular flexibility index (Phi) is 7.94. The molecule has 1 N–H and O–H groups in total. The molecule has 0 saturated heterocycles. The number of thioether (sulfide) groups is 1. The Morgan fingerprint density at radius 1 is 1.53 bits per heavy atom. The maximum Gasteiger partial charge on any atom is 0.233 e. The van der Waals surface area contributed by atoms with E-state index in [-0.39, 0.29) is 11.2 Å². The molecule has 1 amide bonds. The first-order valence-corrected chi connectivity index (χ1v) is 7.67. The molecule has 1 atom stereocenters. The van der Waals surface area contributed by atoms with Crippen molar-refractivity contribution in [2.24, 2.45) is 0 Å². The van der Waals surface area contributed by atoms with Crippen LogP contribution in [0.4, 0.5) is 0 Å². The highest BCUT2D eigenvalue weighted by atomic mass is 35.5. The first kappa shape index (κ1) is 16.3. The van der Waals surface area contributed by atoms with E-state index in [4.69, 9.17) is 16.3 Å². The van der Waals surface area contributed by atoms with Gasteiger partial charge in [-0.25, -0.2) is 0 Å². The number of rotatable bonds is 8. The normalized spacial score (nSPS) is 12.2. The van der Waals surface area contributed by atoms with Crippen molar-refractivity contribution in [3.8, 4) is 0 Å². The van der Waals surface area contributed by atoms with Gasteiger partial charge in [0.05, 0.1) is 5.25 Å². The fraction of sp³-hybridized carbons (Fsp3) is 0.500. The molecular weight excluding hydrogens is 282 g/mol. The molecule has 0 aliphatic rings. The lowest BCUT2D eigenvalue weighted by Crippen LogP contribution is -2.32. The zero-order valence-corrected chi connectivity index (χ0v) is 12.9. The van der Waals surface area contributed by atoms with Crippen LogP contribution in [0, 0.1) is 0 Å². The third-order valence-electron chi connectivity index (χ3n) is 2.45. The molecule has 3 nitrogen and oxygen atoms in total. The fourth-order valence-electron chi connectivity index (χ4n) is 1.47. The lowest BCUT2D eigenvalue weighted by atomic mass is 10.4. The SMILES string of the molecule is CCOCCCNC(=O)C(C)Sc1cccc(Cl)c1. The zero-order valence-electron chi connectivity index (χ0n) is 11.3. The molecule has 0 spiro atoms. The Morgan fingerprint density at radius 3 is 3.00 bits per heavy atom. The highest BCUT2D eigenvalue weighted by Gasteiger charge is 2.13. The molecule has 0 aliphatic carbocycles. The van der Waals surface area contributed by atoms with Crippen molar-refractivity contribution in [3.05, 3.63) is 29.3 Å². The van der Waals surface area contributed by atoms with Gasteiger partial charge in [0.25, 0.3) is 0 Å². The minimum atomic E-state index is -0.134. The molecule has 1 unspecified atom stereocenters. The van der Waals surface area contributed by atoms with Gasteiger partial charge in [-0.1, -0.05) is 17.7 Å². The van der Waals surface area contributed by atoms with Gasteiger partial charge in [0, 0.05) is 29.7 Å². The van der Waals surface area contributed by atoms with Crippen LogP contribution in [0.2, 0.25) is 5.02 Å². The molecule has 1 rings (SSSR count). The van der Waals surface area contributed by atoms with Gasteiger partial charge in [-0.05, 0) is 38.5 Å². The van der Waals surface area contributed by atoms with Crippen LogP contribution in [0.1, 0.15) is 20.3 Å². The maximum absolute atomic E-state index is 11.9. The van der Waals surface area contributed by atoms with Gasteiger partial charge < -0.3 is 10.1 Å². The van der Waals surface area contributed by atoms with Gasteiger partial charge in [0.2, 0.25) is 5.91 Å². The van der Waals surface area contributed by atoms with E-state index in [0.717, 1.165) is 17.9 Å². The molecule has 0 bridgehead atoms. The summed E-state index contributed by atoms with van der Waals surface area (Å²) in [5.74, 6) is 0.0430. The van der Waals surface area contributed by atoms with Gasteiger partial charge in [0.1, 0.15) is 0 Å². The summed E-state index contributed by atoms with van der Waals surface area (Å²) in [5.41, 5.74) is 0. The number of nitrogens with one attached hydrogen (secondary N) is 1. The van der Waals surface area contributed by atoms with Gasteiger partial charge in [-0.15, -0.1) is 11.8 Å². The van der Waals surface area contributed by atoms with E-state index in [1.807, 2.05) is 38.1 Å². The third kappa shape index (κ3) is 6.85. The van der Waals surface area contributed by atoms with E-state index in [1.165, 1.54) is 11.8 Å². The molecule has 0 heterocycles. The van der Waals surface area contributed by atoms with Crippen molar-refractivity contribution < 1.29 is 9.53 Å². The first-order chi connectivity index (χ1) is 9.13. The Hall–Kier alpha value is -0.710. The minimum absolute atomic E-state index is 0.0430. The summed E-state index contributed by atoms with van der Waals surface area (Å²) in [6.45, 7) is 5.91. The van der Waals surface area contributed by atoms with Gasteiger partial charge in [-0.2, -0.15) is 0 Å². The number of halogens is 1. The topological polar surface area (TPSA) is 38.3 Å². The fourth-order valence-corrected chi connectivity index (χ4v) is 2.68. The van der Waals surface area contributed by atoms with Crippen LogP contribution < -0.4 is 5.32 Å². The molecule has 1 aromatic carbocycles. The summed E-state index contributed by atoms with van der Waals surface area (Å²) in [5, 5.41) is 3.46. The summed E-state index contributed by atoms with van der Waals surface area (Å²) in [6.07, 6.45) is 0.841. The largest absolute Gasteiger partial charge is 0.382 e. The Morgan fingerprint density at radius 2 is 2.32 bits per heavy atom. The van der Waals surface area contributed by atoms with E-state index in [9.17, 15) is 4.79 Å². The lowest BCUT2D eigenvalue weighted by molar-refractivity contribution is -0.120. The van der Waals surface area contributed by atoms with Crippen molar-refractivity contribution in [2.45, 2.75) is 30.4 Å². The van der Waals surface area contributed by atoms with Gasteiger partial charge >= 0.3 is 0 Å². The summed E-state index contributed by atoms with van der Waals surface area (Å²) in [6, 6.07) is 7.53. The lowest BCUT2D eigenvalue weighted by Gasteiger charge is -2.12. The Bertz CT molecular complexity index is 401. The van der Waals surface area contributed by atoms with Crippen molar-refractivity contribution in [1.29, 1.82) is 0 Å². The molecule has 5 heteroatoms. The molecular formula is C14H20ClNO2S. The molecule has 106 valence electrons. The number of hydrogen-bond donors (Lipinski definition) is 1. The molecule has 0 fully saturated rings. The quantitative estimate of drug-likeness (QED) is 0.591. The molecule has 19 heavy (non-hydrogen) atoms. The van der Waals surface area contributed by atoms with E-state index in [0.29, 0.717) is 18.2 Å². The Balaban J connectivity index is 2.28. The van der Waals surface area contributed by atoms with E-state index in [2.05, 4.69) is 5.32 Å². The van der Waals surface area contributed by atoms with Crippen LogP contribution in [0.15, 0.2) is 29.2 Å². The van der Waals surface area contributed by atoms with E-state index < -0.39 is 0 Å². The summed E-state index contributed by atoms with van der Waals surface area (Å²) in [7, 11) is 0. The Labute approximate surface area is 124 Å². The second-order valence-corrected chi connectivity index (χ2v) is 5.91. The van der Waals surface area contributed by atoms with E-state index in [1.54, 1.807) is 0 Å². The van der Waals surface area contributed by atoms with Crippen molar-refractivity contribution >= 4 is 29.3 Å². The standard InChI is InChI=1S/C14H20ClNO2S/c1-3-18-9-5-8-16-14(17)11(2)19-13-7-4-6-12(15)10-13/h4,6-7,10-11H,3,5,8-9H2,1-2H3,(H,16,17). The van der Waals surface area contributed by atoms with Crippen LogP contribution in [-0.4, -0.2) is 30.9 Å². The highest BCUT2D eigenvalue weighted by molar-refractivity contribution is 8.00. The van der Waals surface area contributed by atoms with Gasteiger partial charge in [0.15, 0.2) is 0 Å². The number of carbonyl (C=O) groups is 1. The second kappa shape index (κ2) is 9.23. The molecule has 0 aliphatic heterocycles. The molecule has 0 saturated carbocycles. The van der Waals surface area contributed by atoms with Crippen molar-refractivity contribution in [1.82, 2.24) is 5.32 Å². The number of hydrogen-bond acceptors (Lipinski definition) is 3. The summed E-state index contributed by atoms with van der Waals surface area (Å²) in [4.78, 5) is 12.9.